The zero-order valence-electron chi connectivity index (χ0n) is 12.5. The van der Waals surface area contributed by atoms with Gasteiger partial charge in [0.2, 0.25) is 5.91 Å². The number of nitrogens with two attached hydrogens (primary N) is 1. The molecule has 112 valence electrons. The van der Waals surface area contributed by atoms with Crippen LogP contribution in [0, 0.1) is 0 Å². The number of anilines is 1. The molecule has 0 bridgehead atoms. The van der Waals surface area contributed by atoms with E-state index in [1.54, 1.807) is 24.1 Å². The number of rotatable bonds is 8. The smallest absolute Gasteiger partial charge is 0.226 e. The highest BCUT2D eigenvalue weighted by Gasteiger charge is 2.17. The van der Waals surface area contributed by atoms with Crippen molar-refractivity contribution in [3.63, 3.8) is 0 Å². The summed E-state index contributed by atoms with van der Waals surface area (Å²) in [5, 5.41) is 0. The predicted molar refractivity (Wildman–Crippen MR) is 79.7 cm³/mol. The van der Waals surface area contributed by atoms with Crippen LogP contribution in [-0.4, -0.2) is 43.7 Å². The Morgan fingerprint density at radius 1 is 1.45 bits per heavy atom. The Morgan fingerprint density at radius 2 is 2.20 bits per heavy atom. The lowest BCUT2D eigenvalue weighted by molar-refractivity contribution is -0.134. The second-order valence-corrected chi connectivity index (χ2v) is 4.66. The molecule has 2 N–H and O–H groups in total. The van der Waals surface area contributed by atoms with E-state index in [0.29, 0.717) is 37.6 Å². The molecule has 1 amide bonds. The Bertz CT molecular complexity index is 423. The second-order valence-electron chi connectivity index (χ2n) is 4.66. The molecule has 0 aliphatic rings. The first-order valence-electron chi connectivity index (χ1n) is 6.85. The zero-order chi connectivity index (χ0) is 15.0. The highest BCUT2D eigenvalue weighted by atomic mass is 16.5. The molecule has 0 heterocycles. The maximum Gasteiger partial charge on any atom is 0.226 e. The number of carbonyl (C=O) groups is 1. The molecule has 5 heteroatoms. The summed E-state index contributed by atoms with van der Waals surface area (Å²) in [6.45, 7) is 5.49. The third-order valence-electron chi connectivity index (χ3n) is 3.04. The minimum atomic E-state index is 0.0703. The van der Waals surface area contributed by atoms with Crippen LogP contribution < -0.4 is 10.5 Å². The number of likely N-dealkylation sites (N-methyl/N-ethyl adjacent to an activating group) is 1. The molecule has 0 radical (unpaired) electrons. The van der Waals surface area contributed by atoms with E-state index in [1.165, 1.54) is 0 Å². The molecule has 0 aromatic heterocycles. The summed E-state index contributed by atoms with van der Waals surface area (Å²) in [4.78, 5) is 13.9. The number of methoxy groups -OCH3 is 1. The van der Waals surface area contributed by atoms with Crippen LogP contribution in [0.5, 0.6) is 5.75 Å². The number of amides is 1. The van der Waals surface area contributed by atoms with Gasteiger partial charge in [0, 0.05) is 25.4 Å². The molecule has 0 spiro atoms. The summed E-state index contributed by atoms with van der Waals surface area (Å²) in [7, 11) is 1.64. The molecule has 0 saturated heterocycles. The van der Waals surface area contributed by atoms with E-state index in [-0.39, 0.29) is 11.9 Å². The Hall–Kier alpha value is -1.75. The van der Waals surface area contributed by atoms with Crippen molar-refractivity contribution in [2.24, 2.45) is 0 Å². The van der Waals surface area contributed by atoms with Crippen LogP contribution in [0.1, 0.15) is 20.3 Å². The number of nitrogens with zero attached hydrogens (tertiary/aromatic N) is 1. The van der Waals surface area contributed by atoms with Crippen LogP contribution in [0.25, 0.3) is 0 Å². The number of nitrogen functional groups attached to an aromatic ring is 1. The van der Waals surface area contributed by atoms with E-state index >= 15 is 0 Å². The Morgan fingerprint density at radius 3 is 2.80 bits per heavy atom. The third-order valence-corrected chi connectivity index (χ3v) is 3.04. The average molecular weight is 280 g/mol. The number of hydrogen-bond donors (Lipinski definition) is 1. The zero-order valence-corrected chi connectivity index (χ0v) is 12.5. The molecule has 20 heavy (non-hydrogen) atoms. The first kappa shape index (κ1) is 16.3. The van der Waals surface area contributed by atoms with Gasteiger partial charge in [-0.05, 0) is 26.0 Å². The third kappa shape index (κ3) is 5.09. The first-order chi connectivity index (χ1) is 9.58. The number of ether oxygens (including phenoxy) is 2. The van der Waals surface area contributed by atoms with Crippen LogP contribution in [-0.2, 0) is 9.53 Å². The number of hydrogen-bond acceptors (Lipinski definition) is 4. The minimum absolute atomic E-state index is 0.0703. The van der Waals surface area contributed by atoms with Crippen molar-refractivity contribution in [3.8, 4) is 5.75 Å². The number of carbonyl (C=O) groups excluding carboxylic acids is 1. The summed E-state index contributed by atoms with van der Waals surface area (Å²) in [6.07, 6.45) is 0.344. The number of benzene rings is 1. The molecular weight excluding hydrogens is 256 g/mol. The molecule has 0 fully saturated rings. The fraction of sp³-hybridized carbons (Fsp3) is 0.533. The van der Waals surface area contributed by atoms with Crippen LogP contribution in [0.15, 0.2) is 24.3 Å². The normalized spacial score (nSPS) is 11.9. The fourth-order valence-corrected chi connectivity index (χ4v) is 2.07. The average Bonchev–Trinajstić information content (AvgIpc) is 2.40. The molecule has 1 rings (SSSR count). The van der Waals surface area contributed by atoms with Gasteiger partial charge in [0.05, 0.1) is 25.7 Å². The van der Waals surface area contributed by atoms with E-state index in [2.05, 4.69) is 0 Å². The SMILES string of the molecule is CCN(C(=O)CCOc1cccc(N)c1)C(C)COC. The van der Waals surface area contributed by atoms with Crippen LogP contribution >= 0.6 is 0 Å². The summed E-state index contributed by atoms with van der Waals surface area (Å²) < 4.78 is 10.6. The second kappa shape index (κ2) is 8.43. The van der Waals surface area contributed by atoms with Crippen molar-refractivity contribution in [3.05, 3.63) is 24.3 Å². The van der Waals surface area contributed by atoms with Gasteiger partial charge >= 0.3 is 0 Å². The molecule has 1 aromatic rings. The van der Waals surface area contributed by atoms with Crippen molar-refractivity contribution in [2.45, 2.75) is 26.3 Å². The summed E-state index contributed by atoms with van der Waals surface area (Å²) >= 11 is 0. The van der Waals surface area contributed by atoms with Gasteiger partial charge in [0.1, 0.15) is 5.75 Å². The van der Waals surface area contributed by atoms with Gasteiger partial charge in [-0.2, -0.15) is 0 Å². The summed E-state index contributed by atoms with van der Waals surface area (Å²) in [5.74, 6) is 0.756. The van der Waals surface area contributed by atoms with Crippen molar-refractivity contribution >= 4 is 11.6 Å². The topological polar surface area (TPSA) is 64.8 Å². The molecule has 5 nitrogen and oxygen atoms in total. The lowest BCUT2D eigenvalue weighted by atomic mass is 10.2. The van der Waals surface area contributed by atoms with Gasteiger partial charge in [0.15, 0.2) is 0 Å². The monoisotopic (exact) mass is 280 g/mol. The molecule has 1 aromatic carbocycles. The van der Waals surface area contributed by atoms with E-state index < -0.39 is 0 Å². The van der Waals surface area contributed by atoms with Crippen LogP contribution in [0.4, 0.5) is 5.69 Å². The largest absolute Gasteiger partial charge is 0.493 e. The van der Waals surface area contributed by atoms with Gasteiger partial charge in [-0.1, -0.05) is 6.07 Å². The highest BCUT2D eigenvalue weighted by Crippen LogP contribution is 2.14. The van der Waals surface area contributed by atoms with Crippen LogP contribution in [0.3, 0.4) is 0 Å². The quantitative estimate of drug-likeness (QED) is 0.739. The molecule has 0 aliphatic heterocycles. The fourth-order valence-electron chi connectivity index (χ4n) is 2.07. The maximum absolute atomic E-state index is 12.1. The standard InChI is InChI=1S/C15H24N2O3/c1-4-17(12(2)11-19-3)15(18)8-9-20-14-7-5-6-13(16)10-14/h5-7,10,12H,4,8-9,11,16H2,1-3H3. The van der Waals surface area contributed by atoms with Gasteiger partial charge in [-0.15, -0.1) is 0 Å². The van der Waals surface area contributed by atoms with E-state index in [9.17, 15) is 4.79 Å². The van der Waals surface area contributed by atoms with Crippen molar-refractivity contribution < 1.29 is 14.3 Å². The summed E-state index contributed by atoms with van der Waals surface area (Å²) in [6, 6.07) is 7.26. The van der Waals surface area contributed by atoms with E-state index in [0.717, 1.165) is 0 Å². The van der Waals surface area contributed by atoms with Gasteiger partial charge < -0.3 is 20.1 Å². The van der Waals surface area contributed by atoms with E-state index in [1.807, 2.05) is 26.0 Å². The van der Waals surface area contributed by atoms with Crippen molar-refractivity contribution in [2.75, 3.05) is 32.6 Å². The lowest BCUT2D eigenvalue weighted by Crippen LogP contribution is -2.41. The Labute approximate surface area is 120 Å². The van der Waals surface area contributed by atoms with E-state index in [4.69, 9.17) is 15.2 Å². The summed E-state index contributed by atoms with van der Waals surface area (Å²) in [5.41, 5.74) is 6.31. The molecule has 0 aliphatic carbocycles. The molecule has 1 atom stereocenters. The Balaban J connectivity index is 2.41. The van der Waals surface area contributed by atoms with Crippen molar-refractivity contribution in [1.82, 2.24) is 4.90 Å². The molecule has 0 saturated carbocycles. The highest BCUT2D eigenvalue weighted by molar-refractivity contribution is 5.76. The Kier molecular flexibility index (Phi) is 6.87. The van der Waals surface area contributed by atoms with Gasteiger partial charge in [-0.3, -0.25) is 4.79 Å². The molecular formula is C15H24N2O3. The first-order valence-corrected chi connectivity index (χ1v) is 6.85. The predicted octanol–water partition coefficient (Wildman–Crippen LogP) is 1.92. The van der Waals surface area contributed by atoms with Gasteiger partial charge in [0.25, 0.3) is 0 Å². The molecule has 1 unspecified atom stereocenters. The maximum atomic E-state index is 12.1. The van der Waals surface area contributed by atoms with Crippen LogP contribution in [0.2, 0.25) is 0 Å². The lowest BCUT2D eigenvalue weighted by Gasteiger charge is -2.27. The minimum Gasteiger partial charge on any atom is -0.493 e. The van der Waals surface area contributed by atoms with Crippen molar-refractivity contribution in [1.29, 1.82) is 0 Å². The van der Waals surface area contributed by atoms with Gasteiger partial charge in [-0.25, -0.2) is 0 Å².